The topological polar surface area (TPSA) is 98.5 Å². The molecule has 26 heavy (non-hydrogen) atoms. The molecule has 1 atom stereocenters. The molecule has 1 amide bonds. The predicted octanol–water partition coefficient (Wildman–Crippen LogP) is 3.46. The summed E-state index contributed by atoms with van der Waals surface area (Å²) in [5, 5.41) is 13.7. The van der Waals surface area contributed by atoms with Crippen LogP contribution in [0.15, 0.2) is 29.8 Å². The van der Waals surface area contributed by atoms with Crippen LogP contribution in [0.5, 0.6) is 0 Å². The van der Waals surface area contributed by atoms with Gasteiger partial charge in [0.25, 0.3) is 11.6 Å². The van der Waals surface area contributed by atoms with Crippen LogP contribution in [0.3, 0.4) is 0 Å². The highest BCUT2D eigenvalue weighted by Gasteiger charge is 2.21. The van der Waals surface area contributed by atoms with Gasteiger partial charge in [-0.05, 0) is 52.0 Å². The third kappa shape index (κ3) is 5.40. The van der Waals surface area contributed by atoms with Crippen LogP contribution in [0.2, 0.25) is 0 Å². The van der Waals surface area contributed by atoms with E-state index in [4.69, 9.17) is 4.74 Å². The molecule has 0 aromatic heterocycles. The Kier molecular flexibility index (Phi) is 6.89. The summed E-state index contributed by atoms with van der Waals surface area (Å²) in [4.78, 5) is 34.6. The van der Waals surface area contributed by atoms with Crippen molar-refractivity contribution < 1.29 is 19.2 Å². The van der Waals surface area contributed by atoms with E-state index >= 15 is 0 Å². The Morgan fingerprint density at radius 3 is 2.77 bits per heavy atom. The molecule has 0 saturated heterocycles. The van der Waals surface area contributed by atoms with Gasteiger partial charge < -0.3 is 10.1 Å². The molecule has 140 valence electrons. The molecule has 0 fully saturated rings. The number of nitro groups is 1. The molecule has 1 N–H and O–H groups in total. The van der Waals surface area contributed by atoms with E-state index in [1.165, 1.54) is 37.5 Å². The van der Waals surface area contributed by atoms with E-state index in [0.29, 0.717) is 12.1 Å². The number of nitrogens with zero attached hydrogens (tertiary/aromatic N) is 1. The normalized spacial score (nSPS) is 14.9. The van der Waals surface area contributed by atoms with E-state index in [-0.39, 0.29) is 17.2 Å². The van der Waals surface area contributed by atoms with E-state index in [1.54, 1.807) is 6.92 Å². The molecule has 1 aromatic carbocycles. The number of ether oxygens (including phenoxy) is 1. The molecule has 2 rings (SSSR count). The minimum Gasteiger partial charge on any atom is -0.449 e. The SMILES string of the molecule is Cc1ccc(C(=O)O[C@H](C)C(=O)NCCC2=CCCCC2)cc1[N+](=O)[O-]. The first-order chi connectivity index (χ1) is 12.4. The lowest BCUT2D eigenvalue weighted by Gasteiger charge is -2.15. The molecule has 0 saturated carbocycles. The van der Waals surface area contributed by atoms with Crippen LogP contribution < -0.4 is 5.32 Å². The third-order valence-electron chi connectivity index (χ3n) is 4.42. The monoisotopic (exact) mass is 360 g/mol. The molecule has 7 heteroatoms. The summed E-state index contributed by atoms with van der Waals surface area (Å²) in [7, 11) is 0. The van der Waals surface area contributed by atoms with Gasteiger partial charge in [-0.25, -0.2) is 4.79 Å². The zero-order chi connectivity index (χ0) is 19.1. The smallest absolute Gasteiger partial charge is 0.339 e. The minimum absolute atomic E-state index is 0.0503. The Hall–Kier alpha value is -2.70. The standard InChI is InChI=1S/C19H24N2O5/c1-13-8-9-16(12-17(13)21(24)25)19(23)26-14(2)18(22)20-11-10-15-6-4-3-5-7-15/h6,8-9,12,14H,3-5,7,10-11H2,1-2H3,(H,20,22)/t14-/m1/s1. The number of carbonyl (C=O) groups excluding carboxylic acids is 2. The summed E-state index contributed by atoms with van der Waals surface area (Å²) in [6.45, 7) is 3.57. The zero-order valence-electron chi connectivity index (χ0n) is 15.1. The van der Waals surface area contributed by atoms with Gasteiger partial charge in [0, 0.05) is 18.2 Å². The van der Waals surface area contributed by atoms with Crippen molar-refractivity contribution in [3.63, 3.8) is 0 Å². The van der Waals surface area contributed by atoms with Crippen LogP contribution in [0.1, 0.15) is 54.9 Å². The van der Waals surface area contributed by atoms with E-state index in [2.05, 4.69) is 11.4 Å². The first-order valence-electron chi connectivity index (χ1n) is 8.80. The highest BCUT2D eigenvalue weighted by atomic mass is 16.6. The van der Waals surface area contributed by atoms with Crippen LogP contribution in [-0.4, -0.2) is 29.4 Å². The number of carbonyl (C=O) groups is 2. The lowest BCUT2D eigenvalue weighted by atomic mass is 9.97. The lowest BCUT2D eigenvalue weighted by Crippen LogP contribution is -2.36. The van der Waals surface area contributed by atoms with Crippen LogP contribution in [0.25, 0.3) is 0 Å². The Balaban J connectivity index is 1.85. The third-order valence-corrected chi connectivity index (χ3v) is 4.42. The fourth-order valence-electron chi connectivity index (χ4n) is 2.84. The minimum atomic E-state index is -0.969. The summed E-state index contributed by atoms with van der Waals surface area (Å²) in [6, 6.07) is 4.10. The Bertz CT molecular complexity index is 727. The second-order valence-electron chi connectivity index (χ2n) is 6.46. The summed E-state index contributed by atoms with van der Waals surface area (Å²) in [6.07, 6.45) is 6.64. The number of rotatable bonds is 7. The average Bonchev–Trinajstić information content (AvgIpc) is 2.62. The molecule has 0 unspecified atom stereocenters. The fraction of sp³-hybridized carbons (Fsp3) is 0.474. The van der Waals surface area contributed by atoms with E-state index < -0.39 is 17.0 Å². The number of hydrogen-bond acceptors (Lipinski definition) is 5. The highest BCUT2D eigenvalue weighted by Crippen LogP contribution is 2.20. The van der Waals surface area contributed by atoms with Crippen LogP contribution in [0.4, 0.5) is 5.69 Å². The fourth-order valence-corrected chi connectivity index (χ4v) is 2.84. The molecule has 0 bridgehead atoms. The van der Waals surface area contributed by atoms with Crippen molar-refractivity contribution in [3.05, 3.63) is 51.1 Å². The van der Waals surface area contributed by atoms with Crippen molar-refractivity contribution in [3.8, 4) is 0 Å². The Morgan fingerprint density at radius 1 is 1.35 bits per heavy atom. The number of nitrogens with one attached hydrogen (secondary N) is 1. The molecule has 7 nitrogen and oxygen atoms in total. The number of nitro benzene ring substituents is 1. The van der Waals surface area contributed by atoms with Crippen LogP contribution >= 0.6 is 0 Å². The van der Waals surface area contributed by atoms with Crippen molar-refractivity contribution in [1.29, 1.82) is 0 Å². The highest BCUT2D eigenvalue weighted by molar-refractivity contribution is 5.92. The lowest BCUT2D eigenvalue weighted by molar-refractivity contribution is -0.385. The van der Waals surface area contributed by atoms with Gasteiger partial charge >= 0.3 is 5.97 Å². The molecule has 1 aliphatic rings. The maximum Gasteiger partial charge on any atom is 0.339 e. The Morgan fingerprint density at radius 2 is 2.12 bits per heavy atom. The molecular weight excluding hydrogens is 336 g/mol. The summed E-state index contributed by atoms with van der Waals surface area (Å²) >= 11 is 0. The molecule has 0 heterocycles. The van der Waals surface area contributed by atoms with Gasteiger partial charge in [-0.15, -0.1) is 0 Å². The van der Waals surface area contributed by atoms with Gasteiger partial charge in [-0.3, -0.25) is 14.9 Å². The van der Waals surface area contributed by atoms with Gasteiger partial charge in [0.1, 0.15) is 0 Å². The van der Waals surface area contributed by atoms with Gasteiger partial charge in [0.2, 0.25) is 0 Å². The van der Waals surface area contributed by atoms with Crippen molar-refractivity contribution in [2.45, 2.75) is 52.1 Å². The van der Waals surface area contributed by atoms with Gasteiger partial charge in [-0.1, -0.05) is 17.7 Å². The molecular formula is C19H24N2O5. The van der Waals surface area contributed by atoms with Crippen molar-refractivity contribution >= 4 is 17.6 Å². The molecule has 0 aliphatic heterocycles. The summed E-state index contributed by atoms with van der Waals surface area (Å²) in [5.74, 6) is -1.14. The number of esters is 1. The van der Waals surface area contributed by atoms with Crippen molar-refractivity contribution in [2.75, 3.05) is 6.54 Å². The molecule has 0 spiro atoms. The average molecular weight is 360 g/mol. The zero-order valence-corrected chi connectivity index (χ0v) is 15.1. The first kappa shape index (κ1) is 19.6. The van der Waals surface area contributed by atoms with E-state index in [0.717, 1.165) is 25.3 Å². The number of benzene rings is 1. The van der Waals surface area contributed by atoms with Gasteiger partial charge in [0.15, 0.2) is 6.10 Å². The van der Waals surface area contributed by atoms with Crippen LogP contribution in [-0.2, 0) is 9.53 Å². The molecule has 1 aromatic rings. The second kappa shape index (κ2) is 9.12. The predicted molar refractivity (Wildman–Crippen MR) is 96.9 cm³/mol. The summed E-state index contributed by atoms with van der Waals surface area (Å²) < 4.78 is 5.13. The Labute approximate surface area is 152 Å². The number of aryl methyl sites for hydroxylation is 1. The number of hydrogen-bond donors (Lipinski definition) is 1. The quantitative estimate of drug-likeness (QED) is 0.347. The van der Waals surface area contributed by atoms with Gasteiger partial charge in [0.05, 0.1) is 10.5 Å². The van der Waals surface area contributed by atoms with Crippen LogP contribution in [0, 0.1) is 17.0 Å². The second-order valence-corrected chi connectivity index (χ2v) is 6.46. The van der Waals surface area contributed by atoms with Crippen molar-refractivity contribution in [1.82, 2.24) is 5.32 Å². The van der Waals surface area contributed by atoms with E-state index in [9.17, 15) is 19.7 Å². The van der Waals surface area contributed by atoms with E-state index in [1.807, 2.05) is 0 Å². The summed E-state index contributed by atoms with van der Waals surface area (Å²) in [5.41, 5.74) is 1.70. The number of allylic oxidation sites excluding steroid dienone is 1. The maximum atomic E-state index is 12.1. The van der Waals surface area contributed by atoms with Crippen molar-refractivity contribution in [2.24, 2.45) is 0 Å². The molecule has 1 aliphatic carbocycles. The van der Waals surface area contributed by atoms with Gasteiger partial charge in [-0.2, -0.15) is 0 Å². The largest absolute Gasteiger partial charge is 0.449 e. The number of amides is 1. The molecule has 0 radical (unpaired) electrons. The first-order valence-corrected chi connectivity index (χ1v) is 8.80. The maximum absolute atomic E-state index is 12.1.